The molecule has 6 heteroatoms. The Morgan fingerprint density at radius 1 is 1.33 bits per heavy atom. The third-order valence-corrected chi connectivity index (χ3v) is 3.15. The summed E-state index contributed by atoms with van der Waals surface area (Å²) < 4.78 is 10.4. The van der Waals surface area contributed by atoms with Crippen LogP contribution in [0.2, 0.25) is 0 Å². The molecular weight excluding hydrogens is 270 g/mol. The van der Waals surface area contributed by atoms with Crippen molar-refractivity contribution in [1.82, 2.24) is 10.1 Å². The molecule has 0 saturated heterocycles. The summed E-state index contributed by atoms with van der Waals surface area (Å²) in [6, 6.07) is 7.57. The molecule has 21 heavy (non-hydrogen) atoms. The topological polar surface area (TPSA) is 77.2 Å². The summed E-state index contributed by atoms with van der Waals surface area (Å²) in [5.41, 5.74) is 1.21. The van der Waals surface area contributed by atoms with Gasteiger partial charge in [0.15, 0.2) is 5.82 Å². The van der Waals surface area contributed by atoms with Crippen LogP contribution in [0.3, 0.4) is 0 Å². The number of carbonyl (C=O) groups excluding carboxylic acids is 1. The van der Waals surface area contributed by atoms with Crippen LogP contribution in [-0.2, 0) is 21.6 Å². The Balaban J connectivity index is 1.98. The van der Waals surface area contributed by atoms with E-state index in [1.807, 2.05) is 45.0 Å². The number of nitrogens with zero attached hydrogens (tertiary/aromatic N) is 2. The van der Waals surface area contributed by atoms with Gasteiger partial charge in [-0.15, -0.1) is 0 Å². The van der Waals surface area contributed by atoms with Gasteiger partial charge >= 0.3 is 0 Å². The lowest BCUT2D eigenvalue weighted by Crippen LogP contribution is -2.20. The normalized spacial score (nSPS) is 11.4. The first-order valence-electron chi connectivity index (χ1n) is 6.65. The standard InChI is InChI=1S/C15H19N3O3/c1-10-5-7-11(8-6-10)16-13(19)9-12-17-14(21-18-12)15(2,3)20-4/h5-8H,9H2,1-4H3,(H,16,19). The molecule has 2 aromatic rings. The van der Waals surface area contributed by atoms with Gasteiger partial charge in [0.2, 0.25) is 5.91 Å². The molecule has 0 aliphatic carbocycles. The fourth-order valence-electron chi connectivity index (χ4n) is 1.64. The summed E-state index contributed by atoms with van der Waals surface area (Å²) in [6.07, 6.45) is 0.0527. The number of methoxy groups -OCH3 is 1. The van der Waals surface area contributed by atoms with E-state index in [-0.39, 0.29) is 12.3 Å². The summed E-state index contributed by atoms with van der Waals surface area (Å²) >= 11 is 0. The molecule has 6 nitrogen and oxygen atoms in total. The Hall–Kier alpha value is -2.21. The van der Waals surface area contributed by atoms with Gasteiger partial charge in [0.1, 0.15) is 5.60 Å². The van der Waals surface area contributed by atoms with Crippen molar-refractivity contribution >= 4 is 11.6 Å². The number of nitrogens with one attached hydrogen (secondary N) is 1. The highest BCUT2D eigenvalue weighted by atomic mass is 16.5. The molecule has 0 saturated carbocycles. The number of aryl methyl sites for hydroxylation is 1. The van der Waals surface area contributed by atoms with E-state index < -0.39 is 5.60 Å². The van der Waals surface area contributed by atoms with Gasteiger partial charge in [-0.3, -0.25) is 4.79 Å². The van der Waals surface area contributed by atoms with Gasteiger partial charge in [0, 0.05) is 12.8 Å². The fourth-order valence-corrected chi connectivity index (χ4v) is 1.64. The summed E-state index contributed by atoms with van der Waals surface area (Å²) in [4.78, 5) is 16.1. The molecule has 2 rings (SSSR count). The number of amides is 1. The quantitative estimate of drug-likeness (QED) is 0.914. The number of rotatable bonds is 5. The van der Waals surface area contributed by atoms with Gasteiger partial charge in [-0.1, -0.05) is 22.9 Å². The third kappa shape index (κ3) is 3.88. The highest BCUT2D eigenvalue weighted by molar-refractivity contribution is 5.91. The number of hydrogen-bond acceptors (Lipinski definition) is 5. The molecule has 1 heterocycles. The molecular formula is C15H19N3O3. The minimum atomic E-state index is -0.668. The van der Waals surface area contributed by atoms with Crippen molar-refractivity contribution in [3.05, 3.63) is 41.5 Å². The lowest BCUT2D eigenvalue weighted by molar-refractivity contribution is -0.115. The first-order chi connectivity index (χ1) is 9.90. The maximum atomic E-state index is 11.9. The Kier molecular flexibility index (Phi) is 4.37. The van der Waals surface area contributed by atoms with Crippen molar-refractivity contribution in [3.8, 4) is 0 Å². The number of aromatic nitrogens is 2. The number of anilines is 1. The smallest absolute Gasteiger partial charge is 0.258 e. The molecule has 1 amide bonds. The molecule has 0 spiro atoms. The van der Waals surface area contributed by atoms with Crippen LogP contribution in [0.4, 0.5) is 5.69 Å². The number of carbonyl (C=O) groups is 1. The number of benzene rings is 1. The molecule has 1 aromatic carbocycles. The monoisotopic (exact) mass is 289 g/mol. The van der Waals surface area contributed by atoms with Crippen LogP contribution in [0.25, 0.3) is 0 Å². The molecule has 0 aliphatic rings. The first-order valence-corrected chi connectivity index (χ1v) is 6.65. The first kappa shape index (κ1) is 15.2. The minimum absolute atomic E-state index is 0.0527. The number of ether oxygens (including phenoxy) is 1. The minimum Gasteiger partial charge on any atom is -0.369 e. The summed E-state index contributed by atoms with van der Waals surface area (Å²) in [5, 5.41) is 6.59. The predicted octanol–water partition coefficient (Wildman–Crippen LogP) is 2.44. The van der Waals surface area contributed by atoms with E-state index in [4.69, 9.17) is 9.26 Å². The van der Waals surface area contributed by atoms with Crippen molar-refractivity contribution in [2.75, 3.05) is 12.4 Å². The lowest BCUT2D eigenvalue weighted by Gasteiger charge is -2.16. The molecule has 0 bridgehead atoms. The number of hydrogen-bond donors (Lipinski definition) is 1. The maximum absolute atomic E-state index is 11.9. The van der Waals surface area contributed by atoms with Gasteiger partial charge in [-0.25, -0.2) is 0 Å². The SMILES string of the molecule is COC(C)(C)c1nc(CC(=O)Nc2ccc(C)cc2)no1. The highest BCUT2D eigenvalue weighted by Gasteiger charge is 2.27. The van der Waals surface area contributed by atoms with Crippen LogP contribution >= 0.6 is 0 Å². The van der Waals surface area contributed by atoms with Crippen LogP contribution in [0.5, 0.6) is 0 Å². The molecule has 0 aliphatic heterocycles. The Bertz CT molecular complexity index is 617. The fraction of sp³-hybridized carbons (Fsp3) is 0.400. The van der Waals surface area contributed by atoms with Crippen LogP contribution in [0.15, 0.2) is 28.8 Å². The van der Waals surface area contributed by atoms with Gasteiger partial charge in [-0.2, -0.15) is 4.98 Å². The second-order valence-electron chi connectivity index (χ2n) is 5.32. The predicted molar refractivity (Wildman–Crippen MR) is 77.8 cm³/mol. The molecule has 112 valence electrons. The van der Waals surface area contributed by atoms with E-state index in [9.17, 15) is 4.79 Å². The van der Waals surface area contributed by atoms with Gasteiger partial charge in [0.25, 0.3) is 5.89 Å². The van der Waals surface area contributed by atoms with E-state index >= 15 is 0 Å². The molecule has 0 unspecified atom stereocenters. The third-order valence-electron chi connectivity index (χ3n) is 3.15. The van der Waals surface area contributed by atoms with Crippen molar-refractivity contribution in [2.24, 2.45) is 0 Å². The van der Waals surface area contributed by atoms with Crippen LogP contribution in [0.1, 0.15) is 31.1 Å². The molecule has 1 aromatic heterocycles. The van der Waals surface area contributed by atoms with Crippen LogP contribution in [0, 0.1) is 6.92 Å². The molecule has 1 N–H and O–H groups in total. The van der Waals surface area contributed by atoms with Gasteiger partial charge < -0.3 is 14.6 Å². The van der Waals surface area contributed by atoms with Crippen LogP contribution < -0.4 is 5.32 Å². The van der Waals surface area contributed by atoms with Gasteiger partial charge in [-0.05, 0) is 32.9 Å². The van der Waals surface area contributed by atoms with E-state index in [1.54, 1.807) is 7.11 Å². The van der Waals surface area contributed by atoms with E-state index in [0.29, 0.717) is 11.7 Å². The van der Waals surface area contributed by atoms with Crippen molar-refractivity contribution < 1.29 is 14.1 Å². The molecule has 0 fully saturated rings. The van der Waals surface area contributed by atoms with Crippen molar-refractivity contribution in [1.29, 1.82) is 0 Å². The Morgan fingerprint density at radius 2 is 2.00 bits per heavy atom. The second-order valence-corrected chi connectivity index (χ2v) is 5.32. The molecule has 0 radical (unpaired) electrons. The van der Waals surface area contributed by atoms with Gasteiger partial charge in [0.05, 0.1) is 6.42 Å². The van der Waals surface area contributed by atoms with Crippen molar-refractivity contribution in [3.63, 3.8) is 0 Å². The van der Waals surface area contributed by atoms with E-state index in [1.165, 1.54) is 0 Å². The zero-order valence-electron chi connectivity index (χ0n) is 12.6. The lowest BCUT2D eigenvalue weighted by atomic mass is 10.1. The zero-order valence-corrected chi connectivity index (χ0v) is 12.6. The zero-order chi connectivity index (χ0) is 15.5. The second kappa shape index (κ2) is 6.05. The molecule has 0 atom stereocenters. The van der Waals surface area contributed by atoms with Crippen molar-refractivity contribution in [2.45, 2.75) is 32.8 Å². The Morgan fingerprint density at radius 3 is 2.62 bits per heavy atom. The summed E-state index contributed by atoms with van der Waals surface area (Å²) in [6.45, 7) is 5.62. The van der Waals surface area contributed by atoms with E-state index in [2.05, 4.69) is 15.5 Å². The van der Waals surface area contributed by atoms with Crippen LogP contribution in [-0.4, -0.2) is 23.2 Å². The average molecular weight is 289 g/mol. The summed E-state index contributed by atoms with van der Waals surface area (Å²) in [5.74, 6) is 0.490. The highest BCUT2D eigenvalue weighted by Crippen LogP contribution is 2.21. The maximum Gasteiger partial charge on any atom is 0.258 e. The Labute approximate surface area is 123 Å². The summed E-state index contributed by atoms with van der Waals surface area (Å²) in [7, 11) is 1.56. The van der Waals surface area contributed by atoms with E-state index in [0.717, 1.165) is 11.3 Å². The largest absolute Gasteiger partial charge is 0.369 e. The average Bonchev–Trinajstić information content (AvgIpc) is 2.90.